The number of hydrogen-bond donors (Lipinski definition) is 0. The van der Waals surface area contributed by atoms with Gasteiger partial charge in [0, 0.05) is 35.5 Å². The van der Waals surface area contributed by atoms with Gasteiger partial charge in [-0.15, -0.1) is 0 Å². The Balaban J connectivity index is 1.91. The summed E-state index contributed by atoms with van der Waals surface area (Å²) in [5.74, 6) is 1.43. The third kappa shape index (κ3) is 3.70. The van der Waals surface area contributed by atoms with Crippen molar-refractivity contribution in [1.82, 2.24) is 15.0 Å². The third-order valence-electron chi connectivity index (χ3n) is 5.68. The van der Waals surface area contributed by atoms with E-state index in [1.807, 2.05) is 18.7 Å². The van der Waals surface area contributed by atoms with E-state index in [2.05, 4.69) is 86.5 Å². The van der Waals surface area contributed by atoms with Crippen LogP contribution in [0.1, 0.15) is 36.4 Å². The van der Waals surface area contributed by atoms with Gasteiger partial charge in [0.15, 0.2) is 5.52 Å². The van der Waals surface area contributed by atoms with Crippen LogP contribution >= 0.6 is 0 Å². The molecule has 152 valence electrons. The van der Waals surface area contributed by atoms with Gasteiger partial charge in [0.05, 0.1) is 12.4 Å². The molecule has 0 radical (unpaired) electrons. The van der Waals surface area contributed by atoms with Crippen LogP contribution in [0.3, 0.4) is 0 Å². The molecule has 0 aliphatic rings. The molecule has 0 aliphatic carbocycles. The average Bonchev–Trinajstić information content (AvgIpc) is 2.70. The second kappa shape index (κ2) is 7.94. The maximum Gasteiger partial charge on any atom is 0.287 e. The summed E-state index contributed by atoms with van der Waals surface area (Å²) in [6, 6.07) is 10.9. The first-order valence-electron chi connectivity index (χ1n) is 10.5. The van der Waals surface area contributed by atoms with Gasteiger partial charge >= 0.3 is 0 Å². The second-order valence-electron chi connectivity index (χ2n) is 8.65. The fraction of sp³-hybridized carbons (Fsp3) is 0.308. The van der Waals surface area contributed by atoms with Gasteiger partial charge in [-0.25, -0.2) is 14.5 Å². The molecule has 0 aliphatic heterocycles. The molecule has 4 nitrogen and oxygen atoms in total. The van der Waals surface area contributed by atoms with E-state index in [0.29, 0.717) is 5.92 Å². The van der Waals surface area contributed by atoms with E-state index in [0.717, 1.165) is 34.3 Å². The molecule has 2 aromatic heterocycles. The molecule has 0 unspecified atom stereocenters. The highest BCUT2D eigenvalue weighted by Crippen LogP contribution is 2.33. The minimum absolute atomic E-state index is 0.540. The van der Waals surface area contributed by atoms with E-state index < -0.39 is 0 Å². The lowest BCUT2D eigenvalue weighted by atomic mass is 9.94. The molecule has 2 aromatic carbocycles. The Bertz CT molecular complexity index is 1220. The van der Waals surface area contributed by atoms with Crippen molar-refractivity contribution in [2.45, 2.75) is 41.0 Å². The van der Waals surface area contributed by atoms with Gasteiger partial charge < -0.3 is 0 Å². The minimum Gasteiger partial charge on any atom is -0.241 e. The Morgan fingerprint density at radius 3 is 2.37 bits per heavy atom. The van der Waals surface area contributed by atoms with E-state index in [9.17, 15) is 0 Å². The maximum atomic E-state index is 4.80. The zero-order valence-corrected chi connectivity index (χ0v) is 18.7. The van der Waals surface area contributed by atoms with Crippen LogP contribution in [0.4, 0.5) is 0 Å². The number of fused-ring (bicyclic) bond motifs is 1. The summed E-state index contributed by atoms with van der Waals surface area (Å²) in [6.07, 6.45) is 6.65. The highest BCUT2D eigenvalue weighted by Gasteiger charge is 2.20. The molecule has 0 atom stereocenters. The van der Waals surface area contributed by atoms with Crippen LogP contribution in [-0.4, -0.2) is 15.0 Å². The number of aromatic nitrogens is 4. The smallest absolute Gasteiger partial charge is 0.241 e. The lowest BCUT2D eigenvalue weighted by molar-refractivity contribution is -0.662. The highest BCUT2D eigenvalue weighted by atomic mass is 15.0. The Hall–Kier alpha value is -3.14. The van der Waals surface area contributed by atoms with Crippen molar-refractivity contribution in [3.63, 3.8) is 0 Å². The molecule has 0 saturated carbocycles. The fourth-order valence-electron chi connectivity index (χ4n) is 4.08. The predicted octanol–water partition coefficient (Wildman–Crippen LogP) is 5.31. The quantitative estimate of drug-likeness (QED) is 0.439. The topological polar surface area (TPSA) is 42.6 Å². The molecule has 4 heteroatoms. The van der Waals surface area contributed by atoms with Crippen LogP contribution in [0, 0.1) is 26.7 Å². The number of benzene rings is 2. The van der Waals surface area contributed by atoms with Crippen molar-refractivity contribution in [1.29, 1.82) is 0 Å². The van der Waals surface area contributed by atoms with Crippen molar-refractivity contribution in [2.24, 2.45) is 13.0 Å². The van der Waals surface area contributed by atoms with E-state index in [4.69, 9.17) is 4.98 Å². The largest absolute Gasteiger partial charge is 0.287 e. The summed E-state index contributed by atoms with van der Waals surface area (Å²) in [5.41, 5.74) is 9.35. The van der Waals surface area contributed by atoms with Crippen LogP contribution in [-0.2, 0) is 13.5 Å². The zero-order valence-electron chi connectivity index (χ0n) is 18.7. The van der Waals surface area contributed by atoms with Gasteiger partial charge in [-0.2, -0.15) is 0 Å². The Morgan fingerprint density at radius 1 is 0.933 bits per heavy atom. The standard InChI is InChI=1S/C26H29N4/c1-16(2)10-24-27-13-20(14-28-24)21-8-7-9-22-25(21)29-15-30(6)26(22)23-12-17(3)11-18(4)19(23)5/h7-9,11-16H,10H2,1-6H3/q+1. The number of hydrogen-bond acceptors (Lipinski definition) is 3. The molecule has 4 aromatic rings. The molecule has 2 heterocycles. The summed E-state index contributed by atoms with van der Waals surface area (Å²) in [5, 5.41) is 1.14. The molecule has 4 rings (SSSR count). The number of aryl methyl sites for hydroxylation is 3. The van der Waals surface area contributed by atoms with Gasteiger partial charge in [0.1, 0.15) is 11.5 Å². The Kier molecular flexibility index (Phi) is 5.33. The van der Waals surface area contributed by atoms with Crippen molar-refractivity contribution in [2.75, 3.05) is 0 Å². The Morgan fingerprint density at radius 2 is 1.67 bits per heavy atom. The van der Waals surface area contributed by atoms with Crippen LogP contribution in [0.15, 0.2) is 49.1 Å². The normalized spacial score (nSPS) is 11.4. The molecular formula is C26H29N4+. The summed E-state index contributed by atoms with van der Waals surface area (Å²) < 4.78 is 2.12. The first-order valence-corrected chi connectivity index (χ1v) is 10.5. The molecule has 30 heavy (non-hydrogen) atoms. The van der Waals surface area contributed by atoms with E-state index in [1.54, 1.807) is 0 Å². The summed E-state index contributed by atoms with van der Waals surface area (Å²) >= 11 is 0. The van der Waals surface area contributed by atoms with Crippen LogP contribution in [0.2, 0.25) is 0 Å². The first kappa shape index (κ1) is 20.1. The first-order chi connectivity index (χ1) is 14.3. The molecule has 0 amide bonds. The molecule has 0 bridgehead atoms. The summed E-state index contributed by atoms with van der Waals surface area (Å²) in [6.45, 7) is 10.9. The van der Waals surface area contributed by atoms with Gasteiger partial charge in [-0.1, -0.05) is 31.5 Å². The second-order valence-corrected chi connectivity index (χ2v) is 8.65. The van der Waals surface area contributed by atoms with Crippen LogP contribution in [0.5, 0.6) is 0 Å². The van der Waals surface area contributed by atoms with Gasteiger partial charge in [0.2, 0.25) is 0 Å². The summed E-state index contributed by atoms with van der Waals surface area (Å²) in [4.78, 5) is 14.0. The van der Waals surface area contributed by atoms with Crippen molar-refractivity contribution >= 4 is 10.9 Å². The molecule has 0 spiro atoms. The van der Waals surface area contributed by atoms with E-state index in [1.165, 1.54) is 27.9 Å². The van der Waals surface area contributed by atoms with Gasteiger partial charge in [-0.3, -0.25) is 0 Å². The lowest BCUT2D eigenvalue weighted by Crippen LogP contribution is -2.32. The number of rotatable bonds is 4. The van der Waals surface area contributed by atoms with Crippen molar-refractivity contribution < 1.29 is 4.57 Å². The van der Waals surface area contributed by atoms with Gasteiger partial charge in [-0.05, 0) is 61.0 Å². The fourth-order valence-corrected chi connectivity index (χ4v) is 4.08. The lowest BCUT2D eigenvalue weighted by Gasteiger charge is -2.13. The highest BCUT2D eigenvalue weighted by molar-refractivity contribution is 5.99. The van der Waals surface area contributed by atoms with Crippen LogP contribution in [0.25, 0.3) is 33.3 Å². The molecule has 0 fully saturated rings. The molecular weight excluding hydrogens is 368 g/mol. The monoisotopic (exact) mass is 397 g/mol. The molecule has 0 N–H and O–H groups in total. The Labute approximate surface area is 178 Å². The predicted molar refractivity (Wildman–Crippen MR) is 122 cm³/mol. The van der Waals surface area contributed by atoms with E-state index >= 15 is 0 Å². The van der Waals surface area contributed by atoms with E-state index in [-0.39, 0.29) is 0 Å². The summed E-state index contributed by atoms with van der Waals surface area (Å²) in [7, 11) is 2.06. The zero-order chi connectivity index (χ0) is 21.4. The van der Waals surface area contributed by atoms with Gasteiger partial charge in [0.25, 0.3) is 6.33 Å². The number of nitrogens with zero attached hydrogens (tertiary/aromatic N) is 4. The maximum absolute atomic E-state index is 4.80. The van der Waals surface area contributed by atoms with Crippen molar-refractivity contribution in [3.8, 4) is 22.4 Å². The molecule has 0 saturated heterocycles. The average molecular weight is 398 g/mol. The number of para-hydroxylation sites is 1. The third-order valence-corrected chi connectivity index (χ3v) is 5.68. The minimum atomic E-state index is 0.540. The van der Waals surface area contributed by atoms with Crippen molar-refractivity contribution in [3.05, 3.63) is 71.6 Å². The SMILES string of the molecule is Cc1cc(C)c(C)c(-c2c3cccc(-c4cnc(CC(C)C)nc4)c3nc[n+]2C)c1. The van der Waals surface area contributed by atoms with Crippen LogP contribution < -0.4 is 4.57 Å².